The first-order valence-corrected chi connectivity index (χ1v) is 7.54. The highest BCUT2D eigenvalue weighted by atomic mass is 16.6. The van der Waals surface area contributed by atoms with Crippen LogP contribution in [0.5, 0.6) is 11.5 Å². The Morgan fingerprint density at radius 2 is 2.10 bits per heavy atom. The molecule has 1 aromatic rings. The third kappa shape index (κ3) is 4.12. The lowest BCUT2D eigenvalue weighted by molar-refractivity contribution is 0.169. The van der Waals surface area contributed by atoms with E-state index in [0.29, 0.717) is 19.1 Å². The minimum absolute atomic E-state index is 0.268. The summed E-state index contributed by atoms with van der Waals surface area (Å²) < 4.78 is 11.3. The van der Waals surface area contributed by atoms with E-state index in [1.807, 2.05) is 12.1 Å². The summed E-state index contributed by atoms with van der Waals surface area (Å²) >= 11 is 0. The average Bonchev–Trinajstić information content (AvgIpc) is 2.48. The van der Waals surface area contributed by atoms with Gasteiger partial charge >= 0.3 is 0 Å². The molecule has 0 saturated carbocycles. The topological polar surface area (TPSA) is 50.7 Å². The summed E-state index contributed by atoms with van der Waals surface area (Å²) in [5.74, 6) is 2.26. The number of benzene rings is 1. The maximum Gasteiger partial charge on any atom is 0.165 e. The van der Waals surface area contributed by atoms with E-state index in [-0.39, 0.29) is 6.61 Å². The fraction of sp³-hybridized carbons (Fsp3) is 0.625. The molecule has 0 aliphatic carbocycles. The first-order chi connectivity index (χ1) is 9.85. The van der Waals surface area contributed by atoms with Crippen molar-refractivity contribution in [3.63, 3.8) is 0 Å². The monoisotopic (exact) mass is 279 g/mol. The van der Waals surface area contributed by atoms with Crippen molar-refractivity contribution in [3.05, 3.63) is 23.8 Å². The van der Waals surface area contributed by atoms with Gasteiger partial charge in [-0.2, -0.15) is 0 Å². The Morgan fingerprint density at radius 1 is 1.25 bits per heavy atom. The van der Waals surface area contributed by atoms with Crippen LogP contribution in [0.1, 0.15) is 31.7 Å². The molecule has 1 unspecified atom stereocenters. The lowest BCUT2D eigenvalue weighted by Gasteiger charge is -2.22. The smallest absolute Gasteiger partial charge is 0.165 e. The number of para-hydroxylation sites is 1. The fourth-order valence-corrected chi connectivity index (χ4v) is 2.62. The largest absolute Gasteiger partial charge is 0.486 e. The van der Waals surface area contributed by atoms with Crippen LogP contribution < -0.4 is 14.8 Å². The molecule has 4 heteroatoms. The van der Waals surface area contributed by atoms with E-state index in [1.54, 1.807) is 0 Å². The Hall–Kier alpha value is -1.26. The summed E-state index contributed by atoms with van der Waals surface area (Å²) in [6, 6.07) is 6.02. The van der Waals surface area contributed by atoms with E-state index >= 15 is 0 Å². The molecule has 1 aliphatic heterocycles. The van der Waals surface area contributed by atoms with Crippen molar-refractivity contribution in [1.82, 2.24) is 5.32 Å². The average molecular weight is 279 g/mol. The molecule has 0 aromatic heterocycles. The van der Waals surface area contributed by atoms with Gasteiger partial charge in [0, 0.05) is 18.7 Å². The fourth-order valence-electron chi connectivity index (χ4n) is 2.62. The normalized spacial score (nSPS) is 15.1. The van der Waals surface area contributed by atoms with Crippen LogP contribution in [-0.4, -0.2) is 31.5 Å². The van der Waals surface area contributed by atoms with Crippen molar-refractivity contribution in [2.75, 3.05) is 26.4 Å². The van der Waals surface area contributed by atoms with Crippen LogP contribution in [0.25, 0.3) is 0 Å². The highest BCUT2D eigenvalue weighted by Crippen LogP contribution is 2.33. The van der Waals surface area contributed by atoms with Crippen LogP contribution in [0.15, 0.2) is 18.2 Å². The van der Waals surface area contributed by atoms with Gasteiger partial charge in [-0.1, -0.05) is 25.5 Å². The number of ether oxygens (including phenoxy) is 2. The zero-order chi connectivity index (χ0) is 14.2. The predicted octanol–water partition coefficient (Wildman–Crippen LogP) is 2.35. The van der Waals surface area contributed by atoms with Gasteiger partial charge in [0.2, 0.25) is 0 Å². The highest BCUT2D eigenvalue weighted by Gasteiger charge is 2.15. The molecule has 0 fully saturated rings. The van der Waals surface area contributed by atoms with Crippen molar-refractivity contribution in [1.29, 1.82) is 0 Å². The zero-order valence-electron chi connectivity index (χ0n) is 12.2. The van der Waals surface area contributed by atoms with E-state index < -0.39 is 0 Å². The Labute approximate surface area is 121 Å². The number of fused-ring (bicyclic) bond motifs is 1. The molecule has 2 N–H and O–H groups in total. The van der Waals surface area contributed by atoms with Crippen LogP contribution in [0.2, 0.25) is 0 Å². The highest BCUT2D eigenvalue weighted by molar-refractivity contribution is 5.47. The van der Waals surface area contributed by atoms with Crippen molar-refractivity contribution in [2.45, 2.75) is 32.7 Å². The van der Waals surface area contributed by atoms with Gasteiger partial charge in [0.05, 0.1) is 0 Å². The van der Waals surface area contributed by atoms with Crippen LogP contribution >= 0.6 is 0 Å². The quantitative estimate of drug-likeness (QED) is 0.767. The molecule has 1 aromatic carbocycles. The Balaban J connectivity index is 1.87. The van der Waals surface area contributed by atoms with Gasteiger partial charge < -0.3 is 19.9 Å². The van der Waals surface area contributed by atoms with Gasteiger partial charge in [-0.05, 0) is 31.4 Å². The molecule has 112 valence electrons. The first kappa shape index (κ1) is 15.1. The molecule has 4 nitrogen and oxygen atoms in total. The number of rotatable bonds is 8. The summed E-state index contributed by atoms with van der Waals surface area (Å²) in [5.41, 5.74) is 1.14. The minimum atomic E-state index is 0.268. The molecule has 1 atom stereocenters. The first-order valence-electron chi connectivity index (χ1n) is 7.54. The van der Waals surface area contributed by atoms with Gasteiger partial charge in [0.25, 0.3) is 0 Å². The molecule has 0 amide bonds. The van der Waals surface area contributed by atoms with Crippen molar-refractivity contribution in [3.8, 4) is 11.5 Å². The van der Waals surface area contributed by atoms with Gasteiger partial charge in [0.1, 0.15) is 13.2 Å². The van der Waals surface area contributed by atoms with Gasteiger partial charge in [0.15, 0.2) is 11.5 Å². The number of hydrogen-bond donors (Lipinski definition) is 2. The second-order valence-electron chi connectivity index (χ2n) is 5.24. The Bertz CT molecular complexity index is 403. The maximum absolute atomic E-state index is 9.07. The summed E-state index contributed by atoms with van der Waals surface area (Å²) in [7, 11) is 0. The number of aliphatic hydroxyl groups excluding tert-OH is 1. The lowest BCUT2D eigenvalue weighted by atomic mass is 10.00. The molecule has 0 bridgehead atoms. The van der Waals surface area contributed by atoms with Gasteiger partial charge in [-0.3, -0.25) is 0 Å². The molecule has 1 heterocycles. The number of aliphatic hydroxyl groups is 1. The predicted molar refractivity (Wildman–Crippen MR) is 79.2 cm³/mol. The molecule has 0 spiro atoms. The van der Waals surface area contributed by atoms with E-state index in [9.17, 15) is 0 Å². The third-order valence-corrected chi connectivity index (χ3v) is 3.63. The van der Waals surface area contributed by atoms with E-state index in [2.05, 4.69) is 18.3 Å². The summed E-state index contributed by atoms with van der Waals surface area (Å²) in [5, 5.41) is 12.5. The third-order valence-electron chi connectivity index (χ3n) is 3.63. The minimum Gasteiger partial charge on any atom is -0.486 e. The van der Waals surface area contributed by atoms with Crippen LogP contribution in [0.4, 0.5) is 0 Å². The molecule has 0 radical (unpaired) electrons. The van der Waals surface area contributed by atoms with Crippen molar-refractivity contribution in [2.24, 2.45) is 5.92 Å². The second-order valence-corrected chi connectivity index (χ2v) is 5.24. The van der Waals surface area contributed by atoms with Gasteiger partial charge in [-0.15, -0.1) is 0 Å². The Kier molecular flexibility index (Phi) is 6.15. The van der Waals surface area contributed by atoms with E-state index in [4.69, 9.17) is 14.6 Å². The Morgan fingerprint density at radius 3 is 2.90 bits per heavy atom. The maximum atomic E-state index is 9.07. The molecule has 2 rings (SSSR count). The van der Waals surface area contributed by atoms with Crippen molar-refractivity contribution >= 4 is 0 Å². The van der Waals surface area contributed by atoms with Crippen LogP contribution in [0.3, 0.4) is 0 Å². The van der Waals surface area contributed by atoms with Crippen LogP contribution in [0, 0.1) is 5.92 Å². The zero-order valence-corrected chi connectivity index (χ0v) is 12.2. The SMILES string of the molecule is CCCC(CCO)CNCc1cccc2c1OCCO2. The summed E-state index contributed by atoms with van der Waals surface area (Å²) in [4.78, 5) is 0. The summed E-state index contributed by atoms with van der Waals surface area (Å²) in [6.45, 7) is 5.40. The molecular formula is C16H25NO3. The van der Waals surface area contributed by atoms with E-state index in [0.717, 1.165) is 49.4 Å². The summed E-state index contributed by atoms with van der Waals surface area (Å²) in [6.07, 6.45) is 3.18. The lowest BCUT2D eigenvalue weighted by Crippen LogP contribution is -2.24. The molecule has 1 aliphatic rings. The van der Waals surface area contributed by atoms with Crippen molar-refractivity contribution < 1.29 is 14.6 Å². The standard InChI is InChI=1S/C16H25NO3/c1-2-4-13(7-8-18)11-17-12-14-5-3-6-15-16(14)20-10-9-19-15/h3,5-6,13,17-18H,2,4,7-12H2,1H3. The van der Waals surface area contributed by atoms with Gasteiger partial charge in [-0.25, -0.2) is 0 Å². The van der Waals surface area contributed by atoms with Crippen LogP contribution in [-0.2, 0) is 6.54 Å². The number of nitrogens with one attached hydrogen (secondary N) is 1. The number of hydrogen-bond acceptors (Lipinski definition) is 4. The van der Waals surface area contributed by atoms with E-state index in [1.165, 1.54) is 0 Å². The molecule has 0 saturated heterocycles. The molecular weight excluding hydrogens is 254 g/mol. The molecule has 20 heavy (non-hydrogen) atoms. The second kappa shape index (κ2) is 8.12.